The van der Waals surface area contributed by atoms with Crippen molar-refractivity contribution in [1.29, 1.82) is 0 Å². The summed E-state index contributed by atoms with van der Waals surface area (Å²) in [6, 6.07) is 0. The van der Waals surface area contributed by atoms with Gasteiger partial charge in [-0.1, -0.05) is 197 Å². The number of aliphatic hydroxyl groups is 3. The maximum absolute atomic E-state index is 12.9. The van der Waals surface area contributed by atoms with E-state index in [4.69, 9.17) is 18.9 Å². The van der Waals surface area contributed by atoms with Crippen LogP contribution in [0.5, 0.6) is 0 Å². The van der Waals surface area contributed by atoms with Crippen molar-refractivity contribution in [2.24, 2.45) is 0 Å². The summed E-state index contributed by atoms with van der Waals surface area (Å²) in [6.07, 6.45) is 49.6. The lowest BCUT2D eigenvalue weighted by atomic mass is 9.99. The number of aliphatic hydroxyl groups excluding tert-OH is 3. The van der Waals surface area contributed by atoms with Gasteiger partial charge in [0.05, 0.1) is 19.8 Å². The Labute approximate surface area is 414 Å². The van der Waals surface area contributed by atoms with Gasteiger partial charge in [-0.3, -0.25) is 9.35 Å². The van der Waals surface area contributed by atoms with Crippen molar-refractivity contribution in [3.63, 3.8) is 0 Å². The normalized spacial score (nSPS) is 19.8. The molecule has 1 rings (SSSR count). The molecule has 0 aliphatic carbocycles. The van der Waals surface area contributed by atoms with Gasteiger partial charge in [-0.05, 0) is 77.0 Å². The van der Waals surface area contributed by atoms with Crippen molar-refractivity contribution >= 4 is 16.4 Å². The van der Waals surface area contributed by atoms with Gasteiger partial charge in [-0.15, -0.1) is 0 Å². The van der Waals surface area contributed by atoms with Crippen LogP contribution in [0.4, 0.5) is 0 Å². The fourth-order valence-electron chi connectivity index (χ4n) is 8.07. The maximum Gasteiger partial charge on any atom is 0.397 e. The van der Waals surface area contributed by atoms with Crippen molar-refractivity contribution < 1.29 is 56.2 Å². The van der Waals surface area contributed by atoms with E-state index in [1.54, 1.807) is 0 Å². The van der Waals surface area contributed by atoms with Gasteiger partial charge < -0.3 is 34.3 Å². The molecule has 1 aliphatic rings. The lowest BCUT2D eigenvalue weighted by Gasteiger charge is -2.41. The van der Waals surface area contributed by atoms with E-state index in [0.717, 1.165) is 70.6 Å². The van der Waals surface area contributed by atoms with Crippen molar-refractivity contribution in [2.75, 3.05) is 26.4 Å². The van der Waals surface area contributed by atoms with Gasteiger partial charge in [0, 0.05) is 13.0 Å². The molecule has 1 saturated heterocycles. The molecule has 1 aliphatic heterocycles. The highest BCUT2D eigenvalue weighted by molar-refractivity contribution is 7.80. The molecule has 0 bridgehead atoms. The highest BCUT2D eigenvalue weighted by Crippen LogP contribution is 2.26. The third-order valence-electron chi connectivity index (χ3n) is 12.1. The van der Waals surface area contributed by atoms with Crippen LogP contribution in [0.15, 0.2) is 60.8 Å². The number of hydrogen-bond acceptors (Lipinski definition) is 11. The Morgan fingerprint density at radius 2 is 1.01 bits per heavy atom. The van der Waals surface area contributed by atoms with E-state index in [9.17, 15) is 33.1 Å². The van der Waals surface area contributed by atoms with Crippen LogP contribution in [0.2, 0.25) is 0 Å². The van der Waals surface area contributed by atoms with Gasteiger partial charge in [-0.25, -0.2) is 4.18 Å². The first-order chi connectivity index (χ1) is 33.1. The van der Waals surface area contributed by atoms with Crippen LogP contribution in [-0.4, -0.2) is 97.5 Å². The van der Waals surface area contributed by atoms with Gasteiger partial charge in [-0.2, -0.15) is 8.42 Å². The summed E-state index contributed by atoms with van der Waals surface area (Å²) in [6.45, 7) is 3.88. The summed E-state index contributed by atoms with van der Waals surface area (Å²) in [5.74, 6) is -0.407. The highest BCUT2D eigenvalue weighted by atomic mass is 32.3. The number of esters is 1. The van der Waals surface area contributed by atoms with E-state index >= 15 is 0 Å². The molecule has 0 aromatic rings. The molecule has 4 N–H and O–H groups in total. The summed E-state index contributed by atoms with van der Waals surface area (Å²) in [7, 11) is -5.07. The summed E-state index contributed by atoms with van der Waals surface area (Å²) in [5, 5.41) is 30.8. The minimum Gasteiger partial charge on any atom is -0.457 e. The van der Waals surface area contributed by atoms with Gasteiger partial charge in [0.15, 0.2) is 6.29 Å². The van der Waals surface area contributed by atoms with Crippen LogP contribution in [0.1, 0.15) is 219 Å². The van der Waals surface area contributed by atoms with Crippen molar-refractivity contribution in [3.8, 4) is 0 Å². The molecule has 68 heavy (non-hydrogen) atoms. The van der Waals surface area contributed by atoms with Crippen molar-refractivity contribution in [3.05, 3.63) is 60.8 Å². The maximum atomic E-state index is 12.9. The molecule has 1 fully saturated rings. The quantitative estimate of drug-likeness (QED) is 0.0197. The van der Waals surface area contributed by atoms with Gasteiger partial charge in [0.1, 0.15) is 30.5 Å². The molecule has 1 heterocycles. The third-order valence-corrected chi connectivity index (χ3v) is 12.6. The number of carbonyl (C=O) groups is 1. The van der Waals surface area contributed by atoms with E-state index in [1.165, 1.54) is 122 Å². The Balaban J connectivity index is 2.34. The predicted octanol–water partition coefficient (Wildman–Crippen LogP) is 12.9. The van der Waals surface area contributed by atoms with Crippen LogP contribution >= 0.6 is 0 Å². The monoisotopic (exact) mass is 983 g/mol. The van der Waals surface area contributed by atoms with E-state index in [-0.39, 0.29) is 19.6 Å². The lowest BCUT2D eigenvalue weighted by molar-refractivity contribution is -0.301. The molecule has 6 unspecified atom stereocenters. The van der Waals surface area contributed by atoms with E-state index in [0.29, 0.717) is 13.0 Å². The average Bonchev–Trinajstić information content (AvgIpc) is 3.31. The Hall–Kier alpha value is -2.20. The highest BCUT2D eigenvalue weighted by Gasteiger charge is 2.48. The standard InChI is InChI=1S/C55H98O12S/c1-3-5-7-9-11-13-15-17-19-21-23-25-26-28-30-32-34-36-38-40-42-44-51(57)65-49(48-64-55-53(59)54(67-68(60,61)62)52(58)50(46-56)66-55)47-63-45-43-41-39-37-35-33-31-29-27-24-22-20-18-16-14-12-10-8-6-4-2/h5,7,11,13,17-20,23,25,49-50,52-56,58-59H,3-4,6,8-10,12,14-16,21-22,24,26-48H2,1-2H3,(H,60,61,62)/b7-5-,13-11-,19-17-,20-18-,25-23-. The SMILES string of the molecule is CC/C=C\C/C=C\C/C=C\C/C=C\CCCCCCCCCCC(=O)OC(COCCCCCCCCCCCC/C=C\CCCCCCCC)COC1OC(CO)C(O)C(OS(=O)(=O)O)C1O. The smallest absolute Gasteiger partial charge is 0.397 e. The summed E-state index contributed by atoms with van der Waals surface area (Å²) >= 11 is 0. The fourth-order valence-corrected chi connectivity index (χ4v) is 8.58. The van der Waals surface area contributed by atoms with Crippen LogP contribution in [0, 0.1) is 0 Å². The molecule has 0 aromatic heterocycles. The van der Waals surface area contributed by atoms with Crippen LogP contribution in [0.25, 0.3) is 0 Å². The van der Waals surface area contributed by atoms with Crippen LogP contribution in [-0.2, 0) is 38.3 Å². The average molecular weight is 983 g/mol. The van der Waals surface area contributed by atoms with Crippen LogP contribution in [0.3, 0.4) is 0 Å². The fraction of sp³-hybridized carbons (Fsp3) is 0.800. The molecule has 12 nitrogen and oxygen atoms in total. The van der Waals surface area contributed by atoms with Gasteiger partial charge >= 0.3 is 16.4 Å². The largest absolute Gasteiger partial charge is 0.457 e. The topological polar surface area (TPSA) is 178 Å². The second-order valence-electron chi connectivity index (χ2n) is 18.4. The minimum atomic E-state index is -5.07. The first kappa shape index (κ1) is 63.8. The number of hydrogen-bond donors (Lipinski definition) is 4. The van der Waals surface area contributed by atoms with E-state index in [1.807, 2.05) is 0 Å². The van der Waals surface area contributed by atoms with Gasteiger partial charge in [0.2, 0.25) is 0 Å². The zero-order chi connectivity index (χ0) is 49.6. The Morgan fingerprint density at radius 3 is 1.50 bits per heavy atom. The Bertz CT molecular complexity index is 1410. The second kappa shape index (κ2) is 45.9. The van der Waals surface area contributed by atoms with Gasteiger partial charge in [0.25, 0.3) is 0 Å². The number of carbonyl (C=O) groups excluding carboxylic acids is 1. The first-order valence-electron chi connectivity index (χ1n) is 27.0. The molecule has 0 aromatic carbocycles. The second-order valence-corrected chi connectivity index (χ2v) is 19.5. The third kappa shape index (κ3) is 38.5. The Morgan fingerprint density at radius 1 is 0.574 bits per heavy atom. The molecule has 396 valence electrons. The summed E-state index contributed by atoms with van der Waals surface area (Å²) in [4.78, 5) is 12.9. The zero-order valence-corrected chi connectivity index (χ0v) is 43.5. The molecule has 0 spiro atoms. The molecule has 0 radical (unpaired) electrons. The molecular formula is C55H98O12S. The lowest BCUT2D eigenvalue weighted by Crippen LogP contribution is -2.60. The first-order valence-corrected chi connectivity index (χ1v) is 28.4. The van der Waals surface area contributed by atoms with E-state index < -0.39 is 59.8 Å². The summed E-state index contributed by atoms with van der Waals surface area (Å²) < 4.78 is 59.3. The summed E-state index contributed by atoms with van der Waals surface area (Å²) in [5.41, 5.74) is 0. The molecule has 0 saturated carbocycles. The molecule has 6 atom stereocenters. The van der Waals surface area contributed by atoms with Crippen molar-refractivity contribution in [1.82, 2.24) is 0 Å². The molecular weight excluding hydrogens is 885 g/mol. The molecule has 13 heteroatoms. The predicted molar refractivity (Wildman–Crippen MR) is 276 cm³/mol. The number of unbranched alkanes of at least 4 members (excludes halogenated alkanes) is 24. The number of allylic oxidation sites excluding steroid dienone is 10. The van der Waals surface area contributed by atoms with Crippen LogP contribution < -0.4 is 0 Å². The van der Waals surface area contributed by atoms with Crippen molar-refractivity contribution in [2.45, 2.75) is 256 Å². The number of rotatable bonds is 47. The van der Waals surface area contributed by atoms with E-state index in [2.05, 4.69) is 78.8 Å². The number of ether oxygens (including phenoxy) is 4. The molecule has 0 amide bonds. The zero-order valence-electron chi connectivity index (χ0n) is 42.7. The minimum absolute atomic E-state index is 0.0305. The Kier molecular flexibility index (Phi) is 43.1.